The molecule has 0 aliphatic carbocycles. The lowest BCUT2D eigenvalue weighted by atomic mass is 10.1. The van der Waals surface area contributed by atoms with Crippen molar-refractivity contribution in [1.82, 2.24) is 0 Å². The highest BCUT2D eigenvalue weighted by atomic mass is 32.1. The van der Waals surface area contributed by atoms with Crippen LogP contribution in [0, 0.1) is 5.92 Å². The van der Waals surface area contributed by atoms with Crippen LogP contribution in [0.1, 0.15) is 26.7 Å². The van der Waals surface area contributed by atoms with Gasteiger partial charge in [-0.3, -0.25) is 0 Å². The Morgan fingerprint density at radius 1 is 1.56 bits per heavy atom. The van der Waals surface area contributed by atoms with Gasteiger partial charge in [-0.25, -0.2) is 0 Å². The molecule has 0 radical (unpaired) electrons. The zero-order valence-corrected chi connectivity index (χ0v) is 7.28. The van der Waals surface area contributed by atoms with Crippen LogP contribution in [0.3, 0.4) is 0 Å². The Morgan fingerprint density at radius 2 is 2.11 bits per heavy atom. The Balaban J connectivity index is 3.28. The molecule has 0 unspecified atom stereocenters. The highest BCUT2D eigenvalue weighted by Gasteiger charge is 1.94. The lowest BCUT2D eigenvalue weighted by Gasteiger charge is -2.01. The molecule has 0 bridgehead atoms. The van der Waals surface area contributed by atoms with Gasteiger partial charge in [-0.15, -0.1) is 0 Å². The molecular weight excluding hydrogens is 132 g/mol. The fourth-order valence-electron chi connectivity index (χ4n) is 0.530. The molecule has 0 atom stereocenters. The predicted octanol–water partition coefficient (Wildman–Crippen LogP) is 2.21. The van der Waals surface area contributed by atoms with Gasteiger partial charge in [-0.05, 0) is 25.0 Å². The quantitative estimate of drug-likeness (QED) is 0.464. The van der Waals surface area contributed by atoms with E-state index < -0.39 is 0 Å². The Morgan fingerprint density at radius 3 is 2.44 bits per heavy atom. The number of aliphatic hydroxyl groups is 1. The minimum absolute atomic E-state index is 0.615. The standard InChI is InChI=1S/C7H16OS/c1-6(2)4-5-7(8)9-3/h6,8-9H,4-5H2,1-3H3. The summed E-state index contributed by atoms with van der Waals surface area (Å²) in [7, 11) is 0. The third-order valence-corrected chi connectivity index (χ3v) is 1.94. The van der Waals surface area contributed by atoms with Crippen molar-refractivity contribution in [3.05, 3.63) is 0 Å². The van der Waals surface area contributed by atoms with Crippen LogP contribution in [0.2, 0.25) is 0 Å². The summed E-state index contributed by atoms with van der Waals surface area (Å²) in [6, 6.07) is 0. The summed E-state index contributed by atoms with van der Waals surface area (Å²) in [5, 5.41) is 9.63. The average Bonchev–Trinajstić information content (AvgIpc) is 1.83. The molecule has 0 fully saturated rings. The van der Waals surface area contributed by atoms with Gasteiger partial charge in [0.05, 0.1) is 5.05 Å². The lowest BCUT2D eigenvalue weighted by molar-refractivity contribution is 0.517. The van der Waals surface area contributed by atoms with Crippen LogP contribution in [0.4, 0.5) is 0 Å². The van der Waals surface area contributed by atoms with E-state index >= 15 is 0 Å². The first-order valence-electron chi connectivity index (χ1n) is 3.31. The third kappa shape index (κ3) is 6.06. The zero-order valence-electron chi connectivity index (χ0n) is 6.39. The van der Waals surface area contributed by atoms with Crippen molar-refractivity contribution < 1.29 is 5.11 Å². The highest BCUT2D eigenvalue weighted by Crippen LogP contribution is 2.04. The van der Waals surface area contributed by atoms with Crippen molar-refractivity contribution in [2.45, 2.75) is 26.7 Å². The van der Waals surface area contributed by atoms with Crippen LogP contribution >= 0.6 is 11.4 Å². The van der Waals surface area contributed by atoms with E-state index in [-0.39, 0.29) is 0 Å². The molecule has 0 saturated heterocycles. The summed E-state index contributed by atoms with van der Waals surface area (Å²) < 4.78 is 0. The Kier molecular flexibility index (Phi) is 5.10. The summed E-state index contributed by atoms with van der Waals surface area (Å²) >= 11 is 1.02. The van der Waals surface area contributed by atoms with Crippen molar-refractivity contribution in [2.24, 2.45) is 5.92 Å². The second-order valence-corrected chi connectivity index (χ2v) is 3.54. The molecule has 0 aliphatic heterocycles. The minimum Gasteiger partial charge on any atom is -0.360 e. The van der Waals surface area contributed by atoms with Crippen molar-refractivity contribution >= 4 is 16.4 Å². The smallest absolute Gasteiger partial charge is 0.0692 e. The monoisotopic (exact) mass is 148 g/mol. The first-order chi connectivity index (χ1) is 4.16. The number of aliphatic hydroxyl groups excluding tert-OH is 1. The average molecular weight is 148 g/mol. The maximum atomic E-state index is 9.01. The highest BCUT2D eigenvalue weighted by molar-refractivity contribution is 7.97. The number of hydrogen-bond acceptors (Lipinski definition) is 0. The maximum absolute atomic E-state index is 9.01. The number of thiol groups is 1. The first kappa shape index (κ1) is 9.18. The molecule has 0 aromatic rings. The van der Waals surface area contributed by atoms with Gasteiger partial charge < -0.3 is 5.11 Å². The van der Waals surface area contributed by atoms with Crippen LogP contribution in [0.5, 0.6) is 0 Å². The van der Waals surface area contributed by atoms with E-state index in [0.29, 0.717) is 11.0 Å². The van der Waals surface area contributed by atoms with Crippen LogP contribution in [0.25, 0.3) is 0 Å². The fourth-order valence-corrected chi connectivity index (χ4v) is 0.882. The molecular formula is C7H16OS. The van der Waals surface area contributed by atoms with E-state index in [0.717, 1.165) is 24.2 Å². The summed E-state index contributed by atoms with van der Waals surface area (Å²) in [5.41, 5.74) is 0. The number of hydrogen-bond donors (Lipinski definition) is 2. The molecule has 9 heavy (non-hydrogen) atoms. The van der Waals surface area contributed by atoms with Gasteiger partial charge in [0.1, 0.15) is 0 Å². The molecule has 1 N–H and O–H groups in total. The van der Waals surface area contributed by atoms with Crippen molar-refractivity contribution in [3.63, 3.8) is 0 Å². The van der Waals surface area contributed by atoms with Crippen LogP contribution < -0.4 is 0 Å². The summed E-state index contributed by atoms with van der Waals surface area (Å²) in [4.78, 5) is 0. The fraction of sp³-hybridized carbons (Fsp3) is 0.857. The molecule has 0 saturated carbocycles. The lowest BCUT2D eigenvalue weighted by Crippen LogP contribution is -1.96. The molecule has 0 spiro atoms. The maximum Gasteiger partial charge on any atom is 0.0692 e. The van der Waals surface area contributed by atoms with Crippen LogP contribution in [0.15, 0.2) is 0 Å². The Hall–Kier alpha value is 0.180. The SMILES string of the molecule is C[SH]=C(O)CCC(C)C. The molecule has 0 rings (SSSR count). The second kappa shape index (κ2) is 5.00. The largest absolute Gasteiger partial charge is 0.360 e. The van der Waals surface area contributed by atoms with Gasteiger partial charge in [0.15, 0.2) is 0 Å². The molecule has 0 aliphatic rings. The summed E-state index contributed by atoms with van der Waals surface area (Å²) in [6.07, 6.45) is 3.93. The van der Waals surface area contributed by atoms with Gasteiger partial charge in [0.25, 0.3) is 0 Å². The van der Waals surface area contributed by atoms with Gasteiger partial charge >= 0.3 is 0 Å². The molecule has 0 amide bonds. The molecule has 0 aromatic carbocycles. The number of rotatable bonds is 3. The van der Waals surface area contributed by atoms with Gasteiger partial charge in [0.2, 0.25) is 0 Å². The third-order valence-electron chi connectivity index (χ3n) is 1.20. The Bertz CT molecular complexity index is 97.1. The topological polar surface area (TPSA) is 20.2 Å². The van der Waals surface area contributed by atoms with E-state index in [9.17, 15) is 0 Å². The van der Waals surface area contributed by atoms with E-state index in [1.165, 1.54) is 0 Å². The first-order valence-corrected chi connectivity index (χ1v) is 4.65. The molecule has 0 heterocycles. The van der Waals surface area contributed by atoms with E-state index in [1.807, 2.05) is 6.26 Å². The molecule has 0 aromatic heterocycles. The summed E-state index contributed by atoms with van der Waals surface area (Å²) in [5.74, 6) is 0.703. The van der Waals surface area contributed by atoms with Crippen LogP contribution in [-0.4, -0.2) is 16.4 Å². The minimum atomic E-state index is 0.615. The zero-order chi connectivity index (χ0) is 7.28. The summed E-state index contributed by atoms with van der Waals surface area (Å²) in [6.45, 7) is 4.33. The molecule has 56 valence electrons. The van der Waals surface area contributed by atoms with E-state index in [4.69, 9.17) is 5.11 Å². The predicted molar refractivity (Wildman–Crippen MR) is 46.6 cm³/mol. The molecule has 1 nitrogen and oxygen atoms in total. The van der Waals surface area contributed by atoms with E-state index in [1.54, 1.807) is 0 Å². The van der Waals surface area contributed by atoms with Crippen molar-refractivity contribution in [2.75, 3.05) is 6.26 Å². The van der Waals surface area contributed by atoms with E-state index in [2.05, 4.69) is 13.8 Å². The van der Waals surface area contributed by atoms with Crippen molar-refractivity contribution in [1.29, 1.82) is 0 Å². The second-order valence-electron chi connectivity index (χ2n) is 2.57. The van der Waals surface area contributed by atoms with Gasteiger partial charge in [-0.1, -0.05) is 13.8 Å². The van der Waals surface area contributed by atoms with Gasteiger partial charge in [0, 0.05) is 0 Å². The Labute approximate surface area is 61.0 Å². The van der Waals surface area contributed by atoms with Gasteiger partial charge in [-0.2, -0.15) is 11.4 Å². The van der Waals surface area contributed by atoms with Crippen molar-refractivity contribution in [3.8, 4) is 0 Å². The molecule has 2 heteroatoms. The van der Waals surface area contributed by atoms with Crippen LogP contribution in [-0.2, 0) is 0 Å². The normalized spacial score (nSPS) is 13.7.